The quantitative estimate of drug-likeness (QED) is 0.910. The topological polar surface area (TPSA) is 59.0 Å². The lowest BCUT2D eigenvalue weighted by atomic mass is 9.80. The van der Waals surface area contributed by atoms with Gasteiger partial charge in [-0.3, -0.25) is 0 Å². The van der Waals surface area contributed by atoms with Crippen molar-refractivity contribution in [2.24, 2.45) is 17.6 Å². The number of ether oxygens (including phenoxy) is 1. The maximum Gasteiger partial charge on any atom is 0.180 e. The monoisotopic (exact) mass is 340 g/mol. The molecule has 0 aromatic heterocycles. The minimum absolute atomic E-state index is 0.163. The van der Waals surface area contributed by atoms with Crippen molar-refractivity contribution in [3.05, 3.63) is 28.0 Å². The molecule has 0 radical (unpaired) electrons. The van der Waals surface area contributed by atoms with Gasteiger partial charge in [-0.25, -0.2) is 4.39 Å². The van der Waals surface area contributed by atoms with Crippen LogP contribution in [0.2, 0.25) is 0 Å². The summed E-state index contributed by atoms with van der Waals surface area (Å²) in [6.07, 6.45) is 4.62. The largest absolute Gasteiger partial charge is 0.490 e. The molecule has 2 rings (SSSR count). The summed E-state index contributed by atoms with van der Waals surface area (Å²) in [7, 11) is 0. The Bertz CT molecular complexity index is 515. The van der Waals surface area contributed by atoms with E-state index in [1.165, 1.54) is 18.9 Å². The Labute approximate surface area is 127 Å². The van der Waals surface area contributed by atoms with Crippen LogP contribution in [-0.2, 0) is 0 Å². The van der Waals surface area contributed by atoms with E-state index in [-0.39, 0.29) is 15.8 Å². The van der Waals surface area contributed by atoms with E-state index in [1.54, 1.807) is 6.07 Å². The summed E-state index contributed by atoms with van der Waals surface area (Å²) in [4.78, 5) is 0. The number of hydrogen-bond acceptors (Lipinski definition) is 3. The zero-order valence-corrected chi connectivity index (χ0v) is 12.8. The molecule has 1 aromatic carbocycles. The highest BCUT2D eigenvalue weighted by molar-refractivity contribution is 9.10. The predicted molar refractivity (Wildman–Crippen MR) is 78.8 cm³/mol. The van der Waals surface area contributed by atoms with Crippen molar-refractivity contribution < 1.29 is 9.13 Å². The maximum atomic E-state index is 14.0. The fourth-order valence-electron chi connectivity index (χ4n) is 2.74. The summed E-state index contributed by atoms with van der Waals surface area (Å²) in [6.45, 7) is 1.14. The predicted octanol–water partition coefficient (Wildman–Crippen LogP) is 3.60. The van der Waals surface area contributed by atoms with Crippen LogP contribution in [0.5, 0.6) is 5.75 Å². The molecule has 2 N–H and O–H groups in total. The second-order valence-corrected chi connectivity index (χ2v) is 6.00. The molecular formula is C15H18BrFN2O. The van der Waals surface area contributed by atoms with Crippen molar-refractivity contribution in [1.29, 1.82) is 5.26 Å². The zero-order valence-electron chi connectivity index (χ0n) is 11.2. The third kappa shape index (κ3) is 3.31. The first kappa shape index (κ1) is 15.3. The highest BCUT2D eigenvalue weighted by atomic mass is 79.9. The number of nitriles is 1. The smallest absolute Gasteiger partial charge is 0.180 e. The maximum absolute atomic E-state index is 14.0. The van der Waals surface area contributed by atoms with Gasteiger partial charge in [0, 0.05) is 0 Å². The van der Waals surface area contributed by atoms with Gasteiger partial charge >= 0.3 is 0 Å². The number of benzene rings is 1. The van der Waals surface area contributed by atoms with E-state index in [9.17, 15) is 4.39 Å². The first-order valence-electron chi connectivity index (χ1n) is 6.88. The highest BCUT2D eigenvalue weighted by Gasteiger charge is 2.25. The van der Waals surface area contributed by atoms with Crippen LogP contribution in [0.1, 0.15) is 31.2 Å². The number of nitrogens with zero attached hydrogens (tertiary/aromatic N) is 1. The van der Waals surface area contributed by atoms with Crippen molar-refractivity contribution >= 4 is 15.9 Å². The summed E-state index contributed by atoms with van der Waals surface area (Å²) in [5, 5.41) is 8.83. The Balaban J connectivity index is 2.04. The van der Waals surface area contributed by atoms with Crippen LogP contribution in [-0.4, -0.2) is 13.2 Å². The Kier molecular flexibility index (Phi) is 5.38. The van der Waals surface area contributed by atoms with Crippen LogP contribution < -0.4 is 10.5 Å². The summed E-state index contributed by atoms with van der Waals surface area (Å²) in [5.74, 6) is 0.539. The molecule has 1 aromatic rings. The average molecular weight is 341 g/mol. The number of hydrogen-bond donors (Lipinski definition) is 1. The summed E-state index contributed by atoms with van der Waals surface area (Å²) < 4.78 is 19.8. The molecule has 0 saturated heterocycles. The lowest BCUT2D eigenvalue weighted by molar-refractivity contribution is 0.149. The van der Waals surface area contributed by atoms with Gasteiger partial charge in [-0.15, -0.1) is 0 Å². The van der Waals surface area contributed by atoms with E-state index in [2.05, 4.69) is 15.9 Å². The van der Waals surface area contributed by atoms with Gasteiger partial charge in [0.05, 0.1) is 16.6 Å². The van der Waals surface area contributed by atoms with Gasteiger partial charge in [0.1, 0.15) is 6.07 Å². The number of halogens is 2. The standard InChI is InChI=1S/C15H18BrFN2O/c16-14-11(8-19)5-6-13(15(14)17)20-9-12-4-2-1-3-10(12)7-18/h5-6,10,12H,1-4,7,9,18H2. The first-order valence-corrected chi connectivity index (χ1v) is 7.67. The van der Waals surface area contributed by atoms with Gasteiger partial charge < -0.3 is 10.5 Å². The van der Waals surface area contributed by atoms with Crippen LogP contribution in [0.4, 0.5) is 4.39 Å². The molecule has 2 unspecified atom stereocenters. The number of nitrogens with two attached hydrogens (primary N) is 1. The molecule has 0 aliphatic heterocycles. The molecular weight excluding hydrogens is 323 g/mol. The van der Waals surface area contributed by atoms with Gasteiger partial charge in [-0.05, 0) is 59.3 Å². The van der Waals surface area contributed by atoms with Crippen molar-refractivity contribution in [3.8, 4) is 11.8 Å². The van der Waals surface area contributed by atoms with Crippen LogP contribution in [0.3, 0.4) is 0 Å². The summed E-state index contributed by atoms with van der Waals surface area (Å²) >= 11 is 3.09. The summed E-state index contributed by atoms with van der Waals surface area (Å²) in [6, 6.07) is 5.00. The second kappa shape index (κ2) is 7.05. The van der Waals surface area contributed by atoms with E-state index in [0.29, 0.717) is 25.0 Å². The van der Waals surface area contributed by atoms with Crippen LogP contribution in [0.15, 0.2) is 16.6 Å². The van der Waals surface area contributed by atoms with Gasteiger partial charge in [-0.1, -0.05) is 12.8 Å². The van der Waals surface area contributed by atoms with E-state index < -0.39 is 5.82 Å². The minimum atomic E-state index is -0.510. The van der Waals surface area contributed by atoms with Crippen molar-refractivity contribution in [3.63, 3.8) is 0 Å². The van der Waals surface area contributed by atoms with E-state index in [1.807, 2.05) is 6.07 Å². The number of rotatable bonds is 4. The van der Waals surface area contributed by atoms with Crippen molar-refractivity contribution in [2.45, 2.75) is 25.7 Å². The Morgan fingerprint density at radius 2 is 2.05 bits per heavy atom. The van der Waals surface area contributed by atoms with Crippen LogP contribution in [0, 0.1) is 29.0 Å². The second-order valence-electron chi connectivity index (χ2n) is 5.20. The van der Waals surface area contributed by atoms with Crippen molar-refractivity contribution in [2.75, 3.05) is 13.2 Å². The molecule has 0 amide bonds. The minimum Gasteiger partial charge on any atom is -0.490 e. The molecule has 108 valence electrons. The third-order valence-corrected chi connectivity index (χ3v) is 4.76. The molecule has 5 heteroatoms. The van der Waals surface area contributed by atoms with Crippen LogP contribution >= 0.6 is 15.9 Å². The molecule has 3 nitrogen and oxygen atoms in total. The molecule has 2 atom stereocenters. The Morgan fingerprint density at radius 3 is 2.70 bits per heavy atom. The van der Waals surface area contributed by atoms with Gasteiger partial charge in [0.2, 0.25) is 0 Å². The van der Waals surface area contributed by atoms with E-state index in [0.717, 1.165) is 12.8 Å². The van der Waals surface area contributed by atoms with Crippen LogP contribution in [0.25, 0.3) is 0 Å². The van der Waals surface area contributed by atoms with E-state index >= 15 is 0 Å². The average Bonchev–Trinajstić information content (AvgIpc) is 2.49. The molecule has 1 saturated carbocycles. The fourth-order valence-corrected chi connectivity index (χ4v) is 3.16. The highest BCUT2D eigenvalue weighted by Crippen LogP contribution is 2.32. The Hall–Kier alpha value is -1.12. The molecule has 1 aliphatic carbocycles. The third-order valence-electron chi connectivity index (χ3n) is 3.99. The molecule has 20 heavy (non-hydrogen) atoms. The fraction of sp³-hybridized carbons (Fsp3) is 0.533. The Morgan fingerprint density at radius 1 is 1.35 bits per heavy atom. The first-order chi connectivity index (χ1) is 9.67. The molecule has 0 bridgehead atoms. The summed E-state index contributed by atoms with van der Waals surface area (Å²) in [5.41, 5.74) is 6.05. The molecule has 0 heterocycles. The molecule has 1 aliphatic rings. The van der Waals surface area contributed by atoms with Crippen molar-refractivity contribution in [1.82, 2.24) is 0 Å². The van der Waals surface area contributed by atoms with Gasteiger partial charge in [0.25, 0.3) is 0 Å². The van der Waals surface area contributed by atoms with E-state index in [4.69, 9.17) is 15.7 Å². The van der Waals surface area contributed by atoms with Gasteiger partial charge in [-0.2, -0.15) is 5.26 Å². The lowest BCUT2D eigenvalue weighted by Crippen LogP contribution is -2.30. The molecule has 0 spiro atoms. The normalized spacial score (nSPS) is 22.3. The lowest BCUT2D eigenvalue weighted by Gasteiger charge is -2.30. The zero-order chi connectivity index (χ0) is 14.5. The SMILES string of the molecule is N#Cc1ccc(OCC2CCCCC2CN)c(F)c1Br. The van der Waals surface area contributed by atoms with Gasteiger partial charge in [0.15, 0.2) is 11.6 Å². The molecule has 1 fully saturated rings.